The fourth-order valence-corrected chi connectivity index (χ4v) is 4.65. The van der Waals surface area contributed by atoms with E-state index < -0.39 is 29.5 Å². The molecule has 1 saturated carbocycles. The topological polar surface area (TPSA) is 101 Å². The Morgan fingerprint density at radius 1 is 1.38 bits per heavy atom. The molecular formula is C24H32BrFN4O4. The van der Waals surface area contributed by atoms with Gasteiger partial charge in [-0.3, -0.25) is 14.5 Å². The van der Waals surface area contributed by atoms with Gasteiger partial charge in [0, 0.05) is 23.9 Å². The van der Waals surface area contributed by atoms with E-state index >= 15 is 0 Å². The summed E-state index contributed by atoms with van der Waals surface area (Å²) < 4.78 is 19.1. The molecule has 2 heterocycles. The van der Waals surface area contributed by atoms with Crippen LogP contribution in [0.3, 0.4) is 0 Å². The summed E-state index contributed by atoms with van der Waals surface area (Å²) in [5, 5.41) is 5.67. The van der Waals surface area contributed by atoms with Gasteiger partial charge in [-0.15, -0.1) is 6.58 Å². The number of rotatable bonds is 8. The summed E-state index contributed by atoms with van der Waals surface area (Å²) in [5.41, 5.74) is -1.11. The first-order valence-corrected chi connectivity index (χ1v) is 12.2. The van der Waals surface area contributed by atoms with Crippen LogP contribution < -0.4 is 10.6 Å². The number of nitrogens with zero attached hydrogens (tertiary/aromatic N) is 2. The SMILES string of the molecule is C=CCC[C@@H](C)C(=O)NC[C@@]12C[C@@H](C(=O)Nc3ccc(F)c(Br)n3)N(C(=O)OC(C)(C)C)[C@@H]1C2. The zero-order valence-corrected chi connectivity index (χ0v) is 21.6. The van der Waals surface area contributed by atoms with Gasteiger partial charge in [0.25, 0.3) is 0 Å². The molecule has 1 aromatic heterocycles. The average molecular weight is 539 g/mol. The largest absolute Gasteiger partial charge is 0.444 e. The minimum Gasteiger partial charge on any atom is -0.444 e. The summed E-state index contributed by atoms with van der Waals surface area (Å²) in [5.74, 6) is -1.03. The molecule has 0 radical (unpaired) electrons. The van der Waals surface area contributed by atoms with Gasteiger partial charge in [-0.1, -0.05) is 13.0 Å². The highest BCUT2D eigenvalue weighted by Gasteiger charge is 2.67. The first-order valence-electron chi connectivity index (χ1n) is 11.4. The third-order valence-corrected chi connectivity index (χ3v) is 6.80. The molecule has 0 bridgehead atoms. The molecule has 2 fully saturated rings. The minimum absolute atomic E-state index is 0.0201. The lowest BCUT2D eigenvalue weighted by atomic mass is 9.98. The zero-order valence-electron chi connectivity index (χ0n) is 20.0. The van der Waals surface area contributed by atoms with E-state index in [4.69, 9.17) is 4.74 Å². The van der Waals surface area contributed by atoms with Crippen molar-refractivity contribution in [2.24, 2.45) is 11.3 Å². The summed E-state index contributed by atoms with van der Waals surface area (Å²) in [6, 6.07) is 1.53. The van der Waals surface area contributed by atoms with Gasteiger partial charge in [0.15, 0.2) is 5.82 Å². The number of aromatic nitrogens is 1. The van der Waals surface area contributed by atoms with Crippen LogP contribution in [0.25, 0.3) is 0 Å². The molecule has 1 aliphatic heterocycles. The molecule has 186 valence electrons. The fraction of sp³-hybridized carbons (Fsp3) is 0.583. The van der Waals surface area contributed by atoms with Crippen molar-refractivity contribution in [1.82, 2.24) is 15.2 Å². The van der Waals surface area contributed by atoms with Crippen LogP contribution in [0.2, 0.25) is 0 Å². The van der Waals surface area contributed by atoms with E-state index in [2.05, 4.69) is 38.1 Å². The third kappa shape index (κ3) is 5.95. The molecule has 4 atom stereocenters. The van der Waals surface area contributed by atoms with Gasteiger partial charge >= 0.3 is 6.09 Å². The molecule has 1 aliphatic carbocycles. The van der Waals surface area contributed by atoms with Gasteiger partial charge in [0.1, 0.15) is 22.1 Å². The van der Waals surface area contributed by atoms with Crippen molar-refractivity contribution in [2.75, 3.05) is 11.9 Å². The number of hydrogen-bond donors (Lipinski definition) is 2. The third-order valence-electron chi connectivity index (χ3n) is 6.25. The zero-order chi connectivity index (χ0) is 25.3. The highest BCUT2D eigenvalue weighted by molar-refractivity contribution is 9.10. The second kappa shape index (κ2) is 10.0. The first kappa shape index (κ1) is 26.1. The molecule has 2 N–H and O–H groups in total. The van der Waals surface area contributed by atoms with Crippen molar-refractivity contribution < 1.29 is 23.5 Å². The van der Waals surface area contributed by atoms with E-state index in [1.807, 2.05) is 6.92 Å². The maximum Gasteiger partial charge on any atom is 0.411 e. The van der Waals surface area contributed by atoms with E-state index in [0.717, 1.165) is 6.42 Å². The summed E-state index contributed by atoms with van der Waals surface area (Å²) in [4.78, 5) is 44.1. The van der Waals surface area contributed by atoms with Crippen LogP contribution in [-0.2, 0) is 14.3 Å². The minimum atomic E-state index is -0.797. The van der Waals surface area contributed by atoms with Gasteiger partial charge in [-0.05, 0) is 74.5 Å². The quantitative estimate of drug-likeness (QED) is 0.377. The molecule has 3 amide bonds. The van der Waals surface area contributed by atoms with Crippen LogP contribution in [-0.4, -0.2) is 52.0 Å². The molecule has 1 saturated heterocycles. The van der Waals surface area contributed by atoms with Gasteiger partial charge in [0.05, 0.1) is 0 Å². The van der Waals surface area contributed by atoms with Crippen LogP contribution in [0.4, 0.5) is 15.0 Å². The van der Waals surface area contributed by atoms with Crippen molar-refractivity contribution >= 4 is 39.7 Å². The number of halogens is 2. The number of carbonyl (C=O) groups is 3. The maximum absolute atomic E-state index is 13.5. The number of likely N-dealkylation sites (tertiary alicyclic amines) is 1. The molecule has 0 spiro atoms. The van der Waals surface area contributed by atoms with E-state index in [9.17, 15) is 18.8 Å². The van der Waals surface area contributed by atoms with Crippen LogP contribution in [0.1, 0.15) is 53.4 Å². The molecule has 10 heteroatoms. The predicted octanol–water partition coefficient (Wildman–Crippen LogP) is 4.41. The Bertz CT molecular complexity index is 982. The summed E-state index contributed by atoms with van der Waals surface area (Å²) in [6.45, 7) is 11.2. The average Bonchev–Trinajstić information content (AvgIpc) is 3.35. The Balaban J connectivity index is 1.74. The smallest absolute Gasteiger partial charge is 0.411 e. The van der Waals surface area contributed by atoms with Crippen molar-refractivity contribution in [3.8, 4) is 0 Å². The number of amides is 3. The second-order valence-electron chi connectivity index (χ2n) is 10.1. The Morgan fingerprint density at radius 2 is 2.09 bits per heavy atom. The second-order valence-corrected chi connectivity index (χ2v) is 10.9. The Morgan fingerprint density at radius 3 is 2.71 bits per heavy atom. The monoisotopic (exact) mass is 538 g/mol. The summed E-state index contributed by atoms with van der Waals surface area (Å²) in [7, 11) is 0. The normalized spacial score (nSPS) is 24.1. The Kier molecular flexibility index (Phi) is 7.69. The van der Waals surface area contributed by atoms with Gasteiger partial charge < -0.3 is 15.4 Å². The molecule has 0 unspecified atom stereocenters. The number of anilines is 1. The van der Waals surface area contributed by atoms with Crippen LogP contribution in [0, 0.1) is 17.2 Å². The van der Waals surface area contributed by atoms with E-state index in [1.54, 1.807) is 26.8 Å². The Labute approximate surface area is 207 Å². The molecular weight excluding hydrogens is 507 g/mol. The number of ether oxygens (including phenoxy) is 1. The van der Waals surface area contributed by atoms with Gasteiger partial charge in [0.2, 0.25) is 11.8 Å². The van der Waals surface area contributed by atoms with Crippen molar-refractivity contribution in [3.63, 3.8) is 0 Å². The van der Waals surface area contributed by atoms with E-state index in [1.165, 1.54) is 17.0 Å². The number of fused-ring (bicyclic) bond motifs is 1. The highest BCUT2D eigenvalue weighted by atomic mass is 79.9. The van der Waals surface area contributed by atoms with Gasteiger partial charge in [-0.2, -0.15) is 0 Å². The Hall–Kier alpha value is -2.49. The highest BCUT2D eigenvalue weighted by Crippen LogP contribution is 2.59. The van der Waals surface area contributed by atoms with Crippen LogP contribution >= 0.6 is 15.9 Å². The van der Waals surface area contributed by atoms with Crippen LogP contribution in [0.15, 0.2) is 29.4 Å². The molecule has 8 nitrogen and oxygen atoms in total. The lowest BCUT2D eigenvalue weighted by Gasteiger charge is -2.29. The van der Waals surface area contributed by atoms with Gasteiger partial charge in [-0.25, -0.2) is 14.2 Å². The van der Waals surface area contributed by atoms with Crippen molar-refractivity contribution in [3.05, 3.63) is 35.2 Å². The first-order chi connectivity index (χ1) is 15.9. The fourth-order valence-electron chi connectivity index (χ4n) is 4.32. The molecule has 3 rings (SSSR count). The number of hydrogen-bond acceptors (Lipinski definition) is 5. The van der Waals surface area contributed by atoms with Crippen molar-refractivity contribution in [1.29, 1.82) is 0 Å². The van der Waals surface area contributed by atoms with E-state index in [-0.39, 0.29) is 33.7 Å². The number of nitrogens with one attached hydrogen (secondary N) is 2. The summed E-state index contributed by atoms with van der Waals surface area (Å²) >= 11 is 3.01. The standard InChI is InChI=1S/C24H32BrFN4O4/c1-6-7-8-14(2)20(31)27-13-24-11-16(21(32)29-18-10-9-15(26)19(25)28-18)30(17(24)12-24)22(33)34-23(3,4)5/h6,9-10,14,16-17H,1,7-8,11-13H2,2-5H3,(H,27,31)(H,28,29,32)/t14-,16+,17-,24+/m1/s1. The molecule has 2 aliphatic rings. The lowest BCUT2D eigenvalue weighted by Crippen LogP contribution is -2.47. The molecule has 34 heavy (non-hydrogen) atoms. The maximum atomic E-state index is 13.5. The molecule has 0 aromatic carbocycles. The summed E-state index contributed by atoms with van der Waals surface area (Å²) in [6.07, 6.45) is 3.73. The lowest BCUT2D eigenvalue weighted by molar-refractivity contribution is -0.124. The number of carbonyl (C=O) groups excluding carboxylic acids is 3. The van der Waals surface area contributed by atoms with Crippen LogP contribution in [0.5, 0.6) is 0 Å². The predicted molar refractivity (Wildman–Crippen MR) is 129 cm³/mol. The van der Waals surface area contributed by atoms with Crippen molar-refractivity contribution in [2.45, 2.75) is 71.1 Å². The number of piperidine rings is 1. The number of pyridine rings is 1. The van der Waals surface area contributed by atoms with E-state index in [0.29, 0.717) is 25.8 Å². The number of allylic oxidation sites excluding steroid dienone is 1. The molecule has 1 aromatic rings.